The number of aromatic nitrogens is 2. The maximum absolute atomic E-state index is 11.1. The molecule has 0 aliphatic rings. The monoisotopic (exact) mass is 198 g/mol. The smallest absolute Gasteiger partial charge is 0.427 e. The summed E-state index contributed by atoms with van der Waals surface area (Å²) in [6, 6.07) is 0. The van der Waals surface area contributed by atoms with Crippen LogP contribution in [-0.2, 0) is 4.74 Å². The van der Waals surface area contributed by atoms with E-state index in [2.05, 4.69) is 15.9 Å². The molecule has 0 aromatic carbocycles. The lowest BCUT2D eigenvalue weighted by Crippen LogP contribution is -2.39. The highest BCUT2D eigenvalue weighted by atomic mass is 16.6. The Morgan fingerprint density at radius 3 is 2.71 bits per heavy atom. The molecule has 0 aliphatic carbocycles. The first-order valence-corrected chi connectivity index (χ1v) is 4.20. The summed E-state index contributed by atoms with van der Waals surface area (Å²) in [5, 5.41) is 0. The van der Waals surface area contributed by atoms with Gasteiger partial charge < -0.3 is 4.74 Å². The number of nitrogens with zero attached hydrogens (tertiary/aromatic N) is 2. The average Bonchev–Trinajstić information content (AvgIpc) is 2.49. The highest BCUT2D eigenvalue weighted by Gasteiger charge is 2.15. The second kappa shape index (κ2) is 3.99. The van der Waals surface area contributed by atoms with E-state index in [4.69, 9.17) is 4.74 Å². The molecule has 6 nitrogen and oxygen atoms in total. The topological polar surface area (TPSA) is 68.2 Å². The predicted octanol–water partition coefficient (Wildman–Crippen LogP) is 0.866. The number of nitrogens with one attached hydrogen (secondary N) is 2. The van der Waals surface area contributed by atoms with Crippen molar-refractivity contribution < 1.29 is 9.53 Å². The Kier molecular flexibility index (Phi) is 2.95. The third kappa shape index (κ3) is 3.79. The van der Waals surface area contributed by atoms with E-state index in [1.54, 1.807) is 33.2 Å². The molecule has 78 valence electrons. The lowest BCUT2D eigenvalue weighted by molar-refractivity contribution is 0.0533. The maximum atomic E-state index is 11.1. The van der Waals surface area contributed by atoms with Gasteiger partial charge in [0.2, 0.25) is 0 Å². The summed E-state index contributed by atoms with van der Waals surface area (Å²) in [6.07, 6.45) is 4.21. The summed E-state index contributed by atoms with van der Waals surface area (Å²) in [5.74, 6) is 0. The molecule has 2 N–H and O–H groups in total. The Labute approximate surface area is 82.2 Å². The van der Waals surface area contributed by atoms with Crippen LogP contribution in [0.1, 0.15) is 20.8 Å². The van der Waals surface area contributed by atoms with Gasteiger partial charge in [0.15, 0.2) is 0 Å². The highest BCUT2D eigenvalue weighted by Crippen LogP contribution is 2.05. The number of ether oxygens (including phenoxy) is 1. The summed E-state index contributed by atoms with van der Waals surface area (Å²) < 4.78 is 6.48. The van der Waals surface area contributed by atoms with Crippen LogP contribution in [0, 0.1) is 0 Å². The molecule has 1 rings (SSSR count). The number of carbonyl (C=O) groups excluding carboxylic acids is 1. The van der Waals surface area contributed by atoms with Gasteiger partial charge in [-0.05, 0) is 20.8 Å². The Bertz CT molecular complexity index is 289. The molecule has 0 unspecified atom stereocenters. The van der Waals surface area contributed by atoms with Crippen LogP contribution in [-0.4, -0.2) is 21.4 Å². The fraction of sp³-hybridized carbons (Fsp3) is 0.500. The van der Waals surface area contributed by atoms with Gasteiger partial charge in [-0.1, -0.05) is 0 Å². The molecule has 1 aromatic heterocycles. The first kappa shape index (κ1) is 10.4. The third-order valence-corrected chi connectivity index (χ3v) is 1.19. The van der Waals surface area contributed by atoms with Crippen LogP contribution in [0.2, 0.25) is 0 Å². The van der Waals surface area contributed by atoms with Gasteiger partial charge >= 0.3 is 6.09 Å². The predicted molar refractivity (Wildman–Crippen MR) is 51.0 cm³/mol. The fourth-order valence-corrected chi connectivity index (χ4v) is 0.739. The van der Waals surface area contributed by atoms with Crippen LogP contribution >= 0.6 is 0 Å². The van der Waals surface area contributed by atoms with Crippen molar-refractivity contribution in [2.45, 2.75) is 26.4 Å². The number of hydrazine groups is 1. The standard InChI is InChI=1S/C8H14N4O2/c1-8(2,3)14-7(13)10-11-12-5-4-9-6-12/h4-6,11H,1-3H3,(H,10,13). The van der Waals surface area contributed by atoms with Gasteiger partial charge in [-0.25, -0.2) is 25.4 Å². The number of amides is 1. The molecule has 14 heavy (non-hydrogen) atoms. The van der Waals surface area contributed by atoms with Gasteiger partial charge in [0.05, 0.1) is 0 Å². The molecule has 0 fully saturated rings. The van der Waals surface area contributed by atoms with Gasteiger partial charge in [-0.2, -0.15) is 0 Å². The van der Waals surface area contributed by atoms with Crippen molar-refractivity contribution in [3.05, 3.63) is 18.7 Å². The van der Waals surface area contributed by atoms with Crippen molar-refractivity contribution in [2.75, 3.05) is 5.53 Å². The summed E-state index contributed by atoms with van der Waals surface area (Å²) in [4.78, 5) is 14.9. The van der Waals surface area contributed by atoms with Gasteiger partial charge in [0.1, 0.15) is 11.9 Å². The van der Waals surface area contributed by atoms with E-state index in [1.807, 2.05) is 0 Å². The van der Waals surface area contributed by atoms with Crippen molar-refractivity contribution in [1.82, 2.24) is 15.1 Å². The largest absolute Gasteiger partial charge is 0.443 e. The quantitative estimate of drug-likeness (QED) is 0.692. The zero-order valence-corrected chi connectivity index (χ0v) is 8.44. The van der Waals surface area contributed by atoms with Crippen LogP contribution in [0.15, 0.2) is 18.7 Å². The number of hydrogen-bond acceptors (Lipinski definition) is 4. The molecule has 0 atom stereocenters. The summed E-state index contributed by atoms with van der Waals surface area (Å²) >= 11 is 0. The molecule has 1 heterocycles. The zero-order chi connectivity index (χ0) is 10.6. The second-order valence-electron chi connectivity index (χ2n) is 3.71. The number of imidazole rings is 1. The van der Waals surface area contributed by atoms with Crippen LogP contribution in [0.4, 0.5) is 4.79 Å². The number of carbonyl (C=O) groups is 1. The molecule has 0 radical (unpaired) electrons. The Balaban J connectivity index is 2.29. The van der Waals surface area contributed by atoms with Gasteiger partial charge in [-0.15, -0.1) is 0 Å². The van der Waals surface area contributed by atoms with Crippen molar-refractivity contribution >= 4 is 6.09 Å². The molecule has 0 aliphatic heterocycles. The zero-order valence-electron chi connectivity index (χ0n) is 8.44. The Hall–Kier alpha value is -1.72. The van der Waals surface area contributed by atoms with Crippen molar-refractivity contribution in [3.8, 4) is 0 Å². The minimum absolute atomic E-state index is 0.499. The van der Waals surface area contributed by atoms with E-state index in [1.165, 1.54) is 11.0 Å². The van der Waals surface area contributed by atoms with Gasteiger partial charge in [0, 0.05) is 12.4 Å². The van der Waals surface area contributed by atoms with Crippen LogP contribution < -0.4 is 11.0 Å². The first-order chi connectivity index (χ1) is 6.47. The molecule has 0 saturated heterocycles. The molecule has 1 amide bonds. The average molecular weight is 198 g/mol. The Morgan fingerprint density at radius 1 is 1.50 bits per heavy atom. The fourth-order valence-electron chi connectivity index (χ4n) is 0.739. The van der Waals surface area contributed by atoms with E-state index >= 15 is 0 Å². The number of rotatable bonds is 2. The molecule has 1 aromatic rings. The highest BCUT2D eigenvalue weighted by molar-refractivity contribution is 5.67. The van der Waals surface area contributed by atoms with E-state index in [0.29, 0.717) is 0 Å². The van der Waals surface area contributed by atoms with Crippen molar-refractivity contribution in [3.63, 3.8) is 0 Å². The molecular formula is C8H14N4O2. The summed E-state index contributed by atoms with van der Waals surface area (Å²) in [7, 11) is 0. The number of hydrogen-bond donors (Lipinski definition) is 2. The molecule has 0 saturated carbocycles. The SMILES string of the molecule is CC(C)(C)OC(=O)NNn1ccnc1. The lowest BCUT2D eigenvalue weighted by Gasteiger charge is -2.20. The molecular weight excluding hydrogens is 184 g/mol. The van der Waals surface area contributed by atoms with E-state index < -0.39 is 11.7 Å². The van der Waals surface area contributed by atoms with Crippen molar-refractivity contribution in [1.29, 1.82) is 0 Å². The van der Waals surface area contributed by atoms with E-state index in [9.17, 15) is 4.79 Å². The van der Waals surface area contributed by atoms with Crippen LogP contribution in [0.25, 0.3) is 0 Å². The molecule has 0 bridgehead atoms. The third-order valence-electron chi connectivity index (χ3n) is 1.19. The molecule has 6 heteroatoms. The summed E-state index contributed by atoms with van der Waals surface area (Å²) in [5.41, 5.74) is 4.43. The first-order valence-electron chi connectivity index (χ1n) is 4.20. The normalized spacial score (nSPS) is 10.8. The summed E-state index contributed by atoms with van der Waals surface area (Å²) in [6.45, 7) is 5.39. The van der Waals surface area contributed by atoms with Crippen molar-refractivity contribution in [2.24, 2.45) is 0 Å². The van der Waals surface area contributed by atoms with Gasteiger partial charge in [-0.3, -0.25) is 0 Å². The minimum Gasteiger partial charge on any atom is -0.443 e. The van der Waals surface area contributed by atoms with E-state index in [-0.39, 0.29) is 0 Å². The maximum Gasteiger partial charge on any atom is 0.427 e. The Morgan fingerprint density at radius 2 is 2.21 bits per heavy atom. The van der Waals surface area contributed by atoms with Crippen LogP contribution in [0.5, 0.6) is 0 Å². The second-order valence-corrected chi connectivity index (χ2v) is 3.71. The van der Waals surface area contributed by atoms with Crippen LogP contribution in [0.3, 0.4) is 0 Å². The minimum atomic E-state index is -0.536. The van der Waals surface area contributed by atoms with E-state index in [0.717, 1.165) is 0 Å². The molecule has 0 spiro atoms. The lowest BCUT2D eigenvalue weighted by atomic mass is 10.2. The van der Waals surface area contributed by atoms with Gasteiger partial charge in [0.25, 0.3) is 0 Å².